The Morgan fingerprint density at radius 3 is 2.52 bits per heavy atom. The zero-order valence-corrected chi connectivity index (χ0v) is 21.5. The van der Waals surface area contributed by atoms with Crippen LogP contribution in [0.5, 0.6) is 0 Å². The van der Waals surface area contributed by atoms with Gasteiger partial charge in [-0.3, -0.25) is 9.62 Å². The molecule has 0 amide bonds. The van der Waals surface area contributed by atoms with Crippen LogP contribution in [0, 0.1) is 5.92 Å². The molecule has 0 spiro atoms. The standard InChI is InChI=1S/C25H40N4O3S/c1-19(28-12-6-5-7-13-28)18-33(30,31)27-21-8-9-23-22(16-21)26-24(25(2,3)4)29(23)17-20-10-14-32-15-11-20/h8-9,16,19-20,27H,5-7,10-15,17-18H2,1-4H3. The topological polar surface area (TPSA) is 76.5 Å². The predicted octanol–water partition coefficient (Wildman–Crippen LogP) is 4.38. The van der Waals surface area contributed by atoms with Crippen LogP contribution in [-0.2, 0) is 26.7 Å². The summed E-state index contributed by atoms with van der Waals surface area (Å²) in [4.78, 5) is 7.25. The minimum atomic E-state index is -3.45. The number of benzene rings is 1. The molecule has 4 rings (SSSR count). The fourth-order valence-electron chi connectivity index (χ4n) is 5.14. The molecule has 7 nitrogen and oxygen atoms in total. The summed E-state index contributed by atoms with van der Waals surface area (Å²) in [5.41, 5.74) is 2.39. The average Bonchev–Trinajstić information content (AvgIpc) is 3.12. The highest BCUT2D eigenvalue weighted by molar-refractivity contribution is 7.92. The zero-order chi connectivity index (χ0) is 23.6. The SMILES string of the molecule is CC(CS(=O)(=O)Nc1ccc2c(c1)nc(C(C)(C)C)n2CC1CCOCC1)N1CCCCC1. The van der Waals surface area contributed by atoms with Gasteiger partial charge in [0.1, 0.15) is 5.82 Å². The molecular weight excluding hydrogens is 436 g/mol. The maximum Gasteiger partial charge on any atom is 0.234 e. The molecule has 2 aromatic rings. The molecule has 0 aliphatic carbocycles. The highest BCUT2D eigenvalue weighted by Gasteiger charge is 2.26. The summed E-state index contributed by atoms with van der Waals surface area (Å²) in [5.74, 6) is 1.73. The number of aromatic nitrogens is 2. The Morgan fingerprint density at radius 1 is 1.15 bits per heavy atom. The molecule has 1 aromatic heterocycles. The molecule has 2 aliphatic heterocycles. The molecule has 3 heterocycles. The Labute approximate surface area is 198 Å². The van der Waals surface area contributed by atoms with Crippen molar-refractivity contribution in [2.75, 3.05) is 36.8 Å². The number of piperidine rings is 1. The van der Waals surface area contributed by atoms with Gasteiger partial charge < -0.3 is 9.30 Å². The minimum Gasteiger partial charge on any atom is -0.381 e. The summed E-state index contributed by atoms with van der Waals surface area (Å²) in [6.45, 7) is 13.1. The Morgan fingerprint density at radius 2 is 1.85 bits per heavy atom. The van der Waals surface area contributed by atoms with Gasteiger partial charge in [-0.05, 0) is 69.8 Å². The van der Waals surface area contributed by atoms with E-state index in [9.17, 15) is 8.42 Å². The van der Waals surface area contributed by atoms with Gasteiger partial charge in [-0.1, -0.05) is 27.2 Å². The fraction of sp³-hybridized carbons (Fsp3) is 0.720. The van der Waals surface area contributed by atoms with Gasteiger partial charge in [0.05, 0.1) is 22.5 Å². The van der Waals surface area contributed by atoms with E-state index in [-0.39, 0.29) is 17.2 Å². The molecule has 0 bridgehead atoms. The lowest BCUT2D eigenvalue weighted by molar-refractivity contribution is 0.0611. The van der Waals surface area contributed by atoms with Gasteiger partial charge >= 0.3 is 0 Å². The molecule has 1 N–H and O–H groups in total. The monoisotopic (exact) mass is 476 g/mol. The minimum absolute atomic E-state index is 0.0118. The number of hydrogen-bond acceptors (Lipinski definition) is 5. The molecule has 2 fully saturated rings. The second-order valence-corrected chi connectivity index (χ2v) is 12.7. The number of hydrogen-bond donors (Lipinski definition) is 1. The molecule has 2 saturated heterocycles. The third kappa shape index (κ3) is 6.08. The van der Waals surface area contributed by atoms with Crippen molar-refractivity contribution in [3.63, 3.8) is 0 Å². The second kappa shape index (κ2) is 9.92. The van der Waals surface area contributed by atoms with Crippen LogP contribution in [0.25, 0.3) is 11.0 Å². The van der Waals surface area contributed by atoms with Gasteiger partial charge in [-0.15, -0.1) is 0 Å². The van der Waals surface area contributed by atoms with Crippen molar-refractivity contribution in [2.45, 2.75) is 77.8 Å². The molecule has 0 saturated carbocycles. The third-order valence-electron chi connectivity index (χ3n) is 6.95. The molecule has 1 unspecified atom stereocenters. The van der Waals surface area contributed by atoms with Crippen LogP contribution in [0.3, 0.4) is 0 Å². The summed E-state index contributed by atoms with van der Waals surface area (Å²) >= 11 is 0. The highest BCUT2D eigenvalue weighted by atomic mass is 32.2. The van der Waals surface area contributed by atoms with Gasteiger partial charge in [0.25, 0.3) is 0 Å². The average molecular weight is 477 g/mol. The highest BCUT2D eigenvalue weighted by Crippen LogP contribution is 2.30. The van der Waals surface area contributed by atoms with Crippen molar-refractivity contribution in [3.05, 3.63) is 24.0 Å². The van der Waals surface area contributed by atoms with Crippen LogP contribution in [0.2, 0.25) is 0 Å². The Hall–Kier alpha value is -1.64. The molecular formula is C25H40N4O3S. The van der Waals surface area contributed by atoms with Crippen molar-refractivity contribution < 1.29 is 13.2 Å². The van der Waals surface area contributed by atoms with Crippen LogP contribution >= 0.6 is 0 Å². The largest absolute Gasteiger partial charge is 0.381 e. The van der Waals surface area contributed by atoms with Crippen LogP contribution in [0.1, 0.15) is 65.6 Å². The van der Waals surface area contributed by atoms with Gasteiger partial charge in [-0.2, -0.15) is 0 Å². The number of ether oxygens (including phenoxy) is 1. The van der Waals surface area contributed by atoms with E-state index in [4.69, 9.17) is 9.72 Å². The van der Waals surface area contributed by atoms with E-state index in [1.165, 1.54) is 6.42 Å². The Bertz CT molecular complexity index is 1050. The van der Waals surface area contributed by atoms with Gasteiger partial charge in [-0.25, -0.2) is 13.4 Å². The van der Waals surface area contributed by atoms with Crippen LogP contribution < -0.4 is 4.72 Å². The van der Waals surface area contributed by atoms with E-state index in [0.29, 0.717) is 11.6 Å². The number of anilines is 1. The number of nitrogens with zero attached hydrogens (tertiary/aromatic N) is 3. The van der Waals surface area contributed by atoms with Gasteiger partial charge in [0.15, 0.2) is 0 Å². The number of sulfonamides is 1. The lowest BCUT2D eigenvalue weighted by Crippen LogP contribution is -2.42. The molecule has 8 heteroatoms. The Balaban J connectivity index is 1.54. The van der Waals surface area contributed by atoms with Crippen molar-refractivity contribution in [1.29, 1.82) is 0 Å². The summed E-state index contributed by atoms with van der Waals surface area (Å²) in [5, 5.41) is 0. The number of imidazole rings is 1. The molecule has 0 radical (unpaired) electrons. The van der Waals surface area contributed by atoms with Crippen molar-refractivity contribution in [1.82, 2.24) is 14.5 Å². The molecule has 2 aliphatic rings. The first kappa shape index (κ1) is 24.5. The third-order valence-corrected chi connectivity index (χ3v) is 8.42. The van der Waals surface area contributed by atoms with E-state index in [1.807, 2.05) is 25.1 Å². The summed E-state index contributed by atoms with van der Waals surface area (Å²) in [7, 11) is -3.45. The molecule has 33 heavy (non-hydrogen) atoms. The Kier molecular flexibility index (Phi) is 7.36. The number of fused-ring (bicyclic) bond motifs is 1. The van der Waals surface area contributed by atoms with Gasteiger partial charge in [0, 0.05) is 31.2 Å². The molecule has 1 aromatic carbocycles. The lowest BCUT2D eigenvalue weighted by Gasteiger charge is -2.32. The van der Waals surface area contributed by atoms with Crippen LogP contribution in [0.15, 0.2) is 18.2 Å². The number of likely N-dealkylation sites (tertiary alicyclic amines) is 1. The van der Waals surface area contributed by atoms with Crippen molar-refractivity contribution in [2.24, 2.45) is 5.92 Å². The van der Waals surface area contributed by atoms with Crippen molar-refractivity contribution in [3.8, 4) is 0 Å². The van der Waals surface area contributed by atoms with Gasteiger partial charge in [0.2, 0.25) is 10.0 Å². The number of rotatable bonds is 7. The van der Waals surface area contributed by atoms with E-state index in [1.54, 1.807) is 0 Å². The predicted molar refractivity (Wildman–Crippen MR) is 134 cm³/mol. The lowest BCUT2D eigenvalue weighted by atomic mass is 9.94. The first-order valence-corrected chi connectivity index (χ1v) is 14.1. The van der Waals surface area contributed by atoms with E-state index >= 15 is 0 Å². The van der Waals surface area contributed by atoms with E-state index in [2.05, 4.69) is 35.0 Å². The smallest absolute Gasteiger partial charge is 0.234 e. The first-order chi connectivity index (χ1) is 15.6. The molecule has 1 atom stereocenters. The van der Waals surface area contributed by atoms with Crippen LogP contribution in [0.4, 0.5) is 5.69 Å². The maximum atomic E-state index is 12.9. The normalized spacial score (nSPS) is 20.2. The fourth-order valence-corrected chi connectivity index (χ4v) is 6.56. The first-order valence-electron chi connectivity index (χ1n) is 12.5. The molecule has 184 valence electrons. The summed E-state index contributed by atoms with van der Waals surface area (Å²) < 4.78 is 36.5. The van der Waals surface area contributed by atoms with E-state index in [0.717, 1.165) is 75.4 Å². The van der Waals surface area contributed by atoms with E-state index < -0.39 is 10.0 Å². The maximum absolute atomic E-state index is 12.9. The quantitative estimate of drug-likeness (QED) is 0.642. The second-order valence-electron chi connectivity index (χ2n) is 10.9. The van der Waals surface area contributed by atoms with Crippen LogP contribution in [-0.4, -0.2) is 61.0 Å². The summed E-state index contributed by atoms with van der Waals surface area (Å²) in [6, 6.07) is 5.79. The van der Waals surface area contributed by atoms with Crippen molar-refractivity contribution >= 4 is 26.7 Å². The summed E-state index contributed by atoms with van der Waals surface area (Å²) in [6.07, 6.45) is 5.68. The zero-order valence-electron chi connectivity index (χ0n) is 20.6. The number of nitrogens with one attached hydrogen (secondary N) is 1.